The van der Waals surface area contributed by atoms with Crippen molar-refractivity contribution in [3.63, 3.8) is 0 Å². The molecule has 24 heavy (non-hydrogen) atoms. The molecule has 1 heterocycles. The lowest BCUT2D eigenvalue weighted by atomic mass is 10.1. The van der Waals surface area contributed by atoms with Gasteiger partial charge in [-0.25, -0.2) is 0 Å². The van der Waals surface area contributed by atoms with Crippen LogP contribution < -0.4 is 0 Å². The number of carboxylic acid groups (broad SMARTS) is 1. The topological polar surface area (TPSA) is 75.4 Å². The Kier molecular flexibility index (Phi) is 5.73. The Hall–Kier alpha value is -2.63. The van der Waals surface area contributed by atoms with Crippen molar-refractivity contribution in [2.24, 2.45) is 7.05 Å². The number of hydrogen-bond acceptors (Lipinski definition) is 3. The van der Waals surface area contributed by atoms with Crippen LogP contribution in [-0.2, 0) is 18.3 Å². The van der Waals surface area contributed by atoms with Gasteiger partial charge in [0.1, 0.15) is 6.54 Å². The third-order valence-electron chi connectivity index (χ3n) is 3.85. The number of carbonyl (C=O) groups is 2. The molecule has 0 aliphatic carbocycles. The Labute approximate surface area is 141 Å². The summed E-state index contributed by atoms with van der Waals surface area (Å²) in [7, 11) is 1.79. The molecule has 0 fully saturated rings. The maximum absolute atomic E-state index is 12.7. The maximum atomic E-state index is 12.7. The van der Waals surface area contributed by atoms with Crippen LogP contribution in [0.25, 0.3) is 0 Å². The predicted octanol–water partition coefficient (Wildman–Crippen LogP) is 2.31. The van der Waals surface area contributed by atoms with Crippen molar-refractivity contribution in [1.82, 2.24) is 14.7 Å². The summed E-state index contributed by atoms with van der Waals surface area (Å²) in [5, 5.41) is 13.4. The van der Waals surface area contributed by atoms with Crippen LogP contribution in [-0.4, -0.2) is 44.8 Å². The Morgan fingerprint density at radius 1 is 1.25 bits per heavy atom. The lowest BCUT2D eigenvalue weighted by molar-refractivity contribution is -0.137. The first kappa shape index (κ1) is 17.7. The van der Waals surface area contributed by atoms with Gasteiger partial charge in [-0.1, -0.05) is 44.2 Å². The summed E-state index contributed by atoms with van der Waals surface area (Å²) in [6, 6.07) is 11.4. The number of benzene rings is 1. The lowest BCUT2D eigenvalue weighted by Gasteiger charge is -2.19. The Bertz CT molecular complexity index is 708. The zero-order valence-electron chi connectivity index (χ0n) is 14.3. The first-order valence-corrected chi connectivity index (χ1v) is 7.97. The van der Waals surface area contributed by atoms with Crippen LogP contribution in [0.5, 0.6) is 0 Å². The van der Waals surface area contributed by atoms with Crippen molar-refractivity contribution in [2.75, 3.05) is 13.1 Å². The van der Waals surface area contributed by atoms with Crippen molar-refractivity contribution in [3.05, 3.63) is 53.3 Å². The number of hydrogen-bond donors (Lipinski definition) is 1. The van der Waals surface area contributed by atoms with E-state index in [2.05, 4.69) is 5.10 Å². The first-order chi connectivity index (χ1) is 11.4. The SMILES string of the molecule is CC(C)c1cc(C(=O)N(CCc2ccccc2)CC(=O)O)nn1C. The molecule has 0 bridgehead atoms. The largest absolute Gasteiger partial charge is 0.480 e. The van der Waals surface area contributed by atoms with Gasteiger partial charge in [0.15, 0.2) is 5.69 Å². The quantitative estimate of drug-likeness (QED) is 0.846. The van der Waals surface area contributed by atoms with Crippen LogP contribution in [0.1, 0.15) is 41.5 Å². The van der Waals surface area contributed by atoms with E-state index in [4.69, 9.17) is 5.11 Å². The van der Waals surface area contributed by atoms with E-state index in [0.29, 0.717) is 13.0 Å². The zero-order chi connectivity index (χ0) is 17.7. The summed E-state index contributed by atoms with van der Waals surface area (Å²) >= 11 is 0. The molecule has 0 radical (unpaired) electrons. The monoisotopic (exact) mass is 329 g/mol. The minimum absolute atomic E-state index is 0.237. The number of aryl methyl sites for hydroxylation is 1. The van der Waals surface area contributed by atoms with E-state index in [1.807, 2.05) is 44.2 Å². The molecule has 0 atom stereocenters. The second kappa shape index (κ2) is 7.77. The molecule has 1 aromatic carbocycles. The van der Waals surface area contributed by atoms with Crippen LogP contribution in [0.2, 0.25) is 0 Å². The van der Waals surface area contributed by atoms with E-state index >= 15 is 0 Å². The van der Waals surface area contributed by atoms with Gasteiger partial charge in [-0.15, -0.1) is 0 Å². The van der Waals surface area contributed by atoms with Crippen LogP contribution in [0.15, 0.2) is 36.4 Å². The molecule has 0 spiro atoms. The third-order valence-corrected chi connectivity index (χ3v) is 3.85. The molecular formula is C18H23N3O3. The van der Waals surface area contributed by atoms with Gasteiger partial charge in [0, 0.05) is 19.3 Å². The second-order valence-electron chi connectivity index (χ2n) is 6.09. The highest BCUT2D eigenvalue weighted by molar-refractivity contribution is 5.94. The average Bonchev–Trinajstić information content (AvgIpc) is 2.93. The second-order valence-corrected chi connectivity index (χ2v) is 6.09. The summed E-state index contributed by atoms with van der Waals surface area (Å²) in [5.74, 6) is -1.14. The van der Waals surface area contributed by atoms with E-state index in [0.717, 1.165) is 11.3 Å². The van der Waals surface area contributed by atoms with E-state index < -0.39 is 5.97 Å². The van der Waals surface area contributed by atoms with Crippen molar-refractivity contribution in [3.8, 4) is 0 Å². The van der Waals surface area contributed by atoms with Gasteiger partial charge in [-0.3, -0.25) is 14.3 Å². The molecule has 0 saturated carbocycles. The standard InChI is InChI=1S/C18H23N3O3/c1-13(2)16-11-15(19-20(16)3)18(24)21(12-17(22)23)10-9-14-7-5-4-6-8-14/h4-8,11,13H,9-10,12H2,1-3H3,(H,22,23). The van der Waals surface area contributed by atoms with Crippen LogP contribution in [0.4, 0.5) is 0 Å². The van der Waals surface area contributed by atoms with Gasteiger partial charge in [0.25, 0.3) is 5.91 Å². The molecule has 2 aromatic rings. The number of nitrogens with zero attached hydrogens (tertiary/aromatic N) is 3. The van der Waals surface area contributed by atoms with Crippen LogP contribution >= 0.6 is 0 Å². The van der Waals surface area contributed by atoms with E-state index in [1.54, 1.807) is 17.8 Å². The molecule has 1 aromatic heterocycles. The summed E-state index contributed by atoms with van der Waals surface area (Å²) < 4.78 is 1.67. The summed E-state index contributed by atoms with van der Waals surface area (Å²) in [6.45, 7) is 4.05. The highest BCUT2D eigenvalue weighted by Gasteiger charge is 2.22. The Morgan fingerprint density at radius 3 is 2.46 bits per heavy atom. The fourth-order valence-corrected chi connectivity index (χ4v) is 2.61. The van der Waals surface area contributed by atoms with Crippen molar-refractivity contribution < 1.29 is 14.7 Å². The molecule has 0 saturated heterocycles. The molecule has 1 N–H and O–H groups in total. The van der Waals surface area contributed by atoms with E-state index in [-0.39, 0.29) is 24.1 Å². The Morgan fingerprint density at radius 2 is 1.92 bits per heavy atom. The van der Waals surface area contributed by atoms with Gasteiger partial charge in [-0.2, -0.15) is 5.10 Å². The number of carboxylic acids is 1. The van der Waals surface area contributed by atoms with Crippen molar-refractivity contribution in [1.29, 1.82) is 0 Å². The van der Waals surface area contributed by atoms with E-state index in [9.17, 15) is 9.59 Å². The highest BCUT2D eigenvalue weighted by atomic mass is 16.4. The maximum Gasteiger partial charge on any atom is 0.323 e. The number of amides is 1. The molecule has 6 nitrogen and oxygen atoms in total. The molecule has 128 valence electrons. The highest BCUT2D eigenvalue weighted by Crippen LogP contribution is 2.16. The summed E-state index contributed by atoms with van der Waals surface area (Å²) in [4.78, 5) is 25.1. The first-order valence-electron chi connectivity index (χ1n) is 7.97. The van der Waals surface area contributed by atoms with Crippen molar-refractivity contribution >= 4 is 11.9 Å². The van der Waals surface area contributed by atoms with Crippen molar-refractivity contribution in [2.45, 2.75) is 26.2 Å². The van der Waals surface area contributed by atoms with Gasteiger partial charge >= 0.3 is 5.97 Å². The molecule has 1 amide bonds. The minimum Gasteiger partial charge on any atom is -0.480 e. The van der Waals surface area contributed by atoms with Crippen LogP contribution in [0.3, 0.4) is 0 Å². The van der Waals surface area contributed by atoms with Crippen LogP contribution in [0, 0.1) is 0 Å². The summed E-state index contributed by atoms with van der Waals surface area (Å²) in [5.41, 5.74) is 2.29. The smallest absolute Gasteiger partial charge is 0.323 e. The van der Waals surface area contributed by atoms with Gasteiger partial charge in [0.05, 0.1) is 0 Å². The zero-order valence-corrected chi connectivity index (χ0v) is 14.3. The number of aromatic nitrogens is 2. The molecule has 0 aliphatic rings. The number of rotatable bonds is 7. The van der Waals surface area contributed by atoms with E-state index in [1.165, 1.54) is 4.90 Å². The molecule has 0 aliphatic heterocycles. The van der Waals surface area contributed by atoms with Gasteiger partial charge in [-0.05, 0) is 24.0 Å². The normalized spacial score (nSPS) is 10.8. The fraction of sp³-hybridized carbons (Fsp3) is 0.389. The molecule has 2 rings (SSSR count). The fourth-order valence-electron chi connectivity index (χ4n) is 2.61. The predicted molar refractivity (Wildman–Crippen MR) is 91.0 cm³/mol. The lowest BCUT2D eigenvalue weighted by Crippen LogP contribution is -2.37. The Balaban J connectivity index is 2.15. The molecular weight excluding hydrogens is 306 g/mol. The minimum atomic E-state index is -1.03. The molecule has 0 unspecified atom stereocenters. The average molecular weight is 329 g/mol. The van der Waals surface area contributed by atoms with Gasteiger partial charge in [0.2, 0.25) is 0 Å². The summed E-state index contributed by atoms with van der Waals surface area (Å²) in [6.07, 6.45) is 0.601. The van der Waals surface area contributed by atoms with Gasteiger partial charge < -0.3 is 10.0 Å². The molecule has 6 heteroatoms. The number of carbonyl (C=O) groups excluding carboxylic acids is 1. The number of aliphatic carboxylic acids is 1. The third kappa shape index (κ3) is 4.44.